The Morgan fingerprint density at radius 2 is 1.85 bits per heavy atom. The van der Waals surface area contributed by atoms with E-state index in [2.05, 4.69) is 24.0 Å². The number of imidazole rings is 1. The fraction of sp³-hybridized carbons (Fsp3) is 0.238. The third kappa shape index (κ3) is 3.83. The van der Waals surface area contributed by atoms with Crippen molar-refractivity contribution in [1.82, 2.24) is 9.55 Å². The van der Waals surface area contributed by atoms with E-state index in [0.29, 0.717) is 6.54 Å². The van der Waals surface area contributed by atoms with Crippen LogP contribution in [0.25, 0.3) is 5.69 Å². The second kappa shape index (κ2) is 8.23. The summed E-state index contributed by atoms with van der Waals surface area (Å²) >= 11 is 1.49. The number of thioether (sulfide) groups is 1. The Labute approximate surface area is 158 Å². The average Bonchev–Trinajstić information content (AvgIpc) is 3.11. The number of amides is 1. The van der Waals surface area contributed by atoms with Gasteiger partial charge in [-0.15, -0.1) is 0 Å². The van der Waals surface area contributed by atoms with Crippen LogP contribution in [0.3, 0.4) is 0 Å². The van der Waals surface area contributed by atoms with Crippen LogP contribution in [0.15, 0.2) is 72.1 Å². The molecule has 26 heavy (non-hydrogen) atoms. The van der Waals surface area contributed by atoms with Gasteiger partial charge in [-0.2, -0.15) is 0 Å². The number of nitrogens with zero attached hydrogens (tertiary/aromatic N) is 3. The zero-order valence-electron chi connectivity index (χ0n) is 15.3. The highest BCUT2D eigenvalue weighted by atomic mass is 32.2. The molecule has 134 valence electrons. The van der Waals surface area contributed by atoms with Crippen LogP contribution < -0.4 is 4.90 Å². The number of benzene rings is 2. The normalized spacial score (nSPS) is 12.0. The molecule has 4 nitrogen and oxygen atoms in total. The molecule has 0 fully saturated rings. The zero-order valence-corrected chi connectivity index (χ0v) is 16.1. The van der Waals surface area contributed by atoms with Crippen LogP contribution in [0.1, 0.15) is 19.4 Å². The molecule has 0 bridgehead atoms. The monoisotopic (exact) mass is 365 g/mol. The number of rotatable bonds is 6. The molecule has 1 atom stereocenters. The number of carbonyl (C=O) groups excluding carboxylic acids is 1. The van der Waals surface area contributed by atoms with Crippen molar-refractivity contribution in [2.75, 3.05) is 11.4 Å². The topological polar surface area (TPSA) is 38.1 Å². The number of hydrogen-bond donors (Lipinski definition) is 0. The molecule has 1 amide bonds. The Balaban J connectivity index is 1.81. The molecule has 0 aliphatic rings. The van der Waals surface area contributed by atoms with Crippen molar-refractivity contribution >= 4 is 23.4 Å². The predicted molar refractivity (Wildman–Crippen MR) is 108 cm³/mol. The molecule has 0 aliphatic carbocycles. The standard InChI is InChI=1S/C21H23N3OS/c1-4-23(18-11-6-5-7-12-18)20(25)17(3)26-21-22-14-15-24(21)19-13-9-8-10-16(19)2/h5-15,17H,4H2,1-3H3. The molecule has 5 heteroatoms. The van der Waals surface area contributed by atoms with E-state index >= 15 is 0 Å². The summed E-state index contributed by atoms with van der Waals surface area (Å²) in [5, 5.41) is 0.588. The lowest BCUT2D eigenvalue weighted by Gasteiger charge is -2.24. The lowest BCUT2D eigenvalue weighted by atomic mass is 10.2. The fourth-order valence-electron chi connectivity index (χ4n) is 2.90. The maximum Gasteiger partial charge on any atom is 0.240 e. The highest BCUT2D eigenvalue weighted by molar-refractivity contribution is 8.00. The van der Waals surface area contributed by atoms with Crippen LogP contribution in [0.2, 0.25) is 0 Å². The molecule has 0 saturated carbocycles. The van der Waals surface area contributed by atoms with E-state index < -0.39 is 0 Å². The van der Waals surface area contributed by atoms with Gasteiger partial charge in [0.2, 0.25) is 5.91 Å². The molecule has 3 rings (SSSR count). The van der Waals surface area contributed by atoms with Crippen LogP contribution in [0.4, 0.5) is 5.69 Å². The minimum Gasteiger partial charge on any atom is -0.312 e. The maximum atomic E-state index is 13.0. The number of carbonyl (C=O) groups is 1. The van der Waals surface area contributed by atoms with Gasteiger partial charge in [0.05, 0.1) is 10.9 Å². The van der Waals surface area contributed by atoms with Gasteiger partial charge in [-0.1, -0.05) is 48.2 Å². The van der Waals surface area contributed by atoms with Crippen molar-refractivity contribution in [2.24, 2.45) is 0 Å². The Kier molecular flexibility index (Phi) is 5.78. The molecule has 1 aromatic heterocycles. The Hall–Kier alpha value is -2.53. The molecular formula is C21H23N3OS. The lowest BCUT2D eigenvalue weighted by Crippen LogP contribution is -2.36. The van der Waals surface area contributed by atoms with Gasteiger partial charge in [0.25, 0.3) is 0 Å². The van der Waals surface area contributed by atoms with E-state index in [4.69, 9.17) is 0 Å². The van der Waals surface area contributed by atoms with Crippen LogP contribution in [0.5, 0.6) is 0 Å². The Morgan fingerprint density at radius 3 is 2.54 bits per heavy atom. The second-order valence-electron chi connectivity index (χ2n) is 6.04. The molecule has 3 aromatic rings. The summed E-state index contributed by atoms with van der Waals surface area (Å²) in [6.07, 6.45) is 3.72. The van der Waals surface area contributed by atoms with Crippen molar-refractivity contribution in [2.45, 2.75) is 31.2 Å². The number of aryl methyl sites for hydroxylation is 1. The molecule has 2 aromatic carbocycles. The highest BCUT2D eigenvalue weighted by Gasteiger charge is 2.23. The first-order valence-electron chi connectivity index (χ1n) is 8.74. The van der Waals surface area contributed by atoms with Crippen LogP contribution in [-0.4, -0.2) is 27.3 Å². The third-order valence-electron chi connectivity index (χ3n) is 4.26. The van der Waals surface area contributed by atoms with E-state index in [0.717, 1.165) is 16.5 Å². The minimum atomic E-state index is -0.236. The van der Waals surface area contributed by atoms with E-state index in [1.807, 2.05) is 72.0 Å². The zero-order chi connectivity index (χ0) is 18.5. The van der Waals surface area contributed by atoms with Crippen LogP contribution in [0, 0.1) is 6.92 Å². The summed E-state index contributed by atoms with van der Waals surface area (Å²) in [6, 6.07) is 18.0. The minimum absolute atomic E-state index is 0.0861. The molecule has 0 spiro atoms. The number of hydrogen-bond acceptors (Lipinski definition) is 3. The first-order chi connectivity index (χ1) is 12.6. The molecule has 1 heterocycles. The molecule has 0 radical (unpaired) electrons. The first kappa shape index (κ1) is 18.3. The van der Waals surface area contributed by atoms with Gasteiger partial charge >= 0.3 is 0 Å². The number of anilines is 1. The Morgan fingerprint density at radius 1 is 1.15 bits per heavy atom. The van der Waals surface area contributed by atoms with Crippen molar-refractivity contribution in [3.8, 4) is 5.69 Å². The average molecular weight is 366 g/mol. The van der Waals surface area contributed by atoms with Gasteiger partial charge in [0, 0.05) is 24.6 Å². The second-order valence-corrected chi connectivity index (χ2v) is 7.35. The predicted octanol–water partition coefficient (Wildman–Crippen LogP) is 4.71. The molecule has 0 saturated heterocycles. The molecule has 1 unspecified atom stereocenters. The summed E-state index contributed by atoms with van der Waals surface area (Å²) < 4.78 is 2.04. The third-order valence-corrected chi connectivity index (χ3v) is 5.33. The van der Waals surface area contributed by atoms with Crippen molar-refractivity contribution < 1.29 is 4.79 Å². The van der Waals surface area contributed by atoms with Crippen molar-refractivity contribution in [3.63, 3.8) is 0 Å². The van der Waals surface area contributed by atoms with Crippen LogP contribution in [-0.2, 0) is 4.79 Å². The SMILES string of the molecule is CCN(C(=O)C(C)Sc1nccn1-c1ccccc1C)c1ccccc1. The fourth-order valence-corrected chi connectivity index (χ4v) is 3.83. The number of para-hydroxylation sites is 2. The van der Waals surface area contributed by atoms with Gasteiger partial charge in [0.1, 0.15) is 0 Å². The Bertz CT molecular complexity index is 876. The van der Waals surface area contributed by atoms with Gasteiger partial charge < -0.3 is 4.90 Å². The first-order valence-corrected chi connectivity index (χ1v) is 9.62. The van der Waals surface area contributed by atoms with Gasteiger partial charge in [-0.05, 0) is 44.5 Å². The summed E-state index contributed by atoms with van der Waals surface area (Å²) in [5.74, 6) is 0.0861. The smallest absolute Gasteiger partial charge is 0.240 e. The summed E-state index contributed by atoms with van der Waals surface area (Å²) in [7, 11) is 0. The quantitative estimate of drug-likeness (QED) is 0.594. The molecular weight excluding hydrogens is 342 g/mol. The van der Waals surface area contributed by atoms with E-state index in [1.165, 1.54) is 17.3 Å². The largest absolute Gasteiger partial charge is 0.312 e. The molecule has 0 N–H and O–H groups in total. The van der Waals surface area contributed by atoms with Gasteiger partial charge in [-0.25, -0.2) is 4.98 Å². The van der Waals surface area contributed by atoms with Crippen molar-refractivity contribution in [1.29, 1.82) is 0 Å². The van der Waals surface area contributed by atoms with Crippen LogP contribution >= 0.6 is 11.8 Å². The highest BCUT2D eigenvalue weighted by Crippen LogP contribution is 2.28. The van der Waals surface area contributed by atoms with Crippen molar-refractivity contribution in [3.05, 3.63) is 72.6 Å². The van der Waals surface area contributed by atoms with Gasteiger partial charge in [0.15, 0.2) is 5.16 Å². The summed E-state index contributed by atoms with van der Waals surface area (Å²) in [5.41, 5.74) is 3.18. The van der Waals surface area contributed by atoms with E-state index in [1.54, 1.807) is 6.20 Å². The number of aromatic nitrogens is 2. The van der Waals surface area contributed by atoms with E-state index in [-0.39, 0.29) is 11.2 Å². The maximum absolute atomic E-state index is 13.0. The van der Waals surface area contributed by atoms with Gasteiger partial charge in [-0.3, -0.25) is 9.36 Å². The molecule has 0 aliphatic heterocycles. The summed E-state index contributed by atoms with van der Waals surface area (Å²) in [6.45, 7) is 6.65. The lowest BCUT2D eigenvalue weighted by molar-refractivity contribution is -0.117. The summed E-state index contributed by atoms with van der Waals surface area (Å²) in [4.78, 5) is 19.3. The van der Waals surface area contributed by atoms with E-state index in [9.17, 15) is 4.79 Å².